The second kappa shape index (κ2) is 4.80. The predicted octanol–water partition coefficient (Wildman–Crippen LogP) is 2.49. The van der Waals surface area contributed by atoms with Gasteiger partial charge < -0.3 is 5.32 Å². The number of hydrogen-bond donors (Lipinski definition) is 1. The molecule has 1 atom stereocenters. The largest absolute Gasteiger partial charge is 0.305 e. The number of aryl methyl sites for hydroxylation is 2. The first-order chi connectivity index (χ1) is 7.70. The molecule has 2 rings (SSSR count). The molecule has 0 aliphatic carbocycles. The zero-order chi connectivity index (χ0) is 11.5. The third-order valence-electron chi connectivity index (χ3n) is 2.48. The molecule has 86 valence electrons. The molecule has 0 saturated heterocycles. The number of hydrogen-bond acceptors (Lipinski definition) is 3. The van der Waals surface area contributed by atoms with Gasteiger partial charge in [-0.25, -0.2) is 0 Å². The minimum Gasteiger partial charge on any atom is -0.305 e. The second-order valence-electron chi connectivity index (χ2n) is 3.85. The van der Waals surface area contributed by atoms with Crippen LogP contribution in [0.4, 0.5) is 0 Å². The van der Waals surface area contributed by atoms with Gasteiger partial charge >= 0.3 is 0 Å². The molecule has 2 aromatic rings. The fraction of sp³-hybridized carbons (Fsp3) is 0.417. The molecule has 4 heteroatoms. The van der Waals surface area contributed by atoms with E-state index in [0.717, 1.165) is 12.2 Å². The molecule has 0 aromatic carbocycles. The van der Waals surface area contributed by atoms with Crippen LogP contribution in [0.3, 0.4) is 0 Å². The summed E-state index contributed by atoms with van der Waals surface area (Å²) in [5.74, 6) is 0. The minimum absolute atomic E-state index is 0.227. The van der Waals surface area contributed by atoms with E-state index in [0.29, 0.717) is 0 Å². The highest BCUT2D eigenvalue weighted by molar-refractivity contribution is 7.12. The summed E-state index contributed by atoms with van der Waals surface area (Å²) in [6, 6.07) is 6.64. The van der Waals surface area contributed by atoms with Crippen molar-refractivity contribution in [1.29, 1.82) is 0 Å². The van der Waals surface area contributed by atoms with Gasteiger partial charge in [0, 0.05) is 23.0 Å². The molecule has 0 fully saturated rings. The molecule has 0 spiro atoms. The van der Waals surface area contributed by atoms with Crippen molar-refractivity contribution in [2.24, 2.45) is 7.05 Å². The molecular weight excluding hydrogens is 218 g/mol. The van der Waals surface area contributed by atoms with Crippen LogP contribution in [0.25, 0.3) is 0 Å². The van der Waals surface area contributed by atoms with Crippen molar-refractivity contribution in [2.75, 3.05) is 6.54 Å². The number of nitrogens with zero attached hydrogens (tertiary/aromatic N) is 2. The number of rotatable bonds is 4. The van der Waals surface area contributed by atoms with Crippen LogP contribution in [0.2, 0.25) is 0 Å². The lowest BCUT2D eigenvalue weighted by Gasteiger charge is -2.13. The van der Waals surface area contributed by atoms with Gasteiger partial charge in [-0.05, 0) is 31.7 Å². The maximum absolute atomic E-state index is 4.48. The van der Waals surface area contributed by atoms with E-state index in [2.05, 4.69) is 42.5 Å². The van der Waals surface area contributed by atoms with Crippen LogP contribution >= 0.6 is 11.3 Å². The van der Waals surface area contributed by atoms with E-state index in [1.807, 2.05) is 29.3 Å². The molecule has 3 nitrogen and oxygen atoms in total. The smallest absolute Gasteiger partial charge is 0.0863 e. The van der Waals surface area contributed by atoms with Gasteiger partial charge in [-0.1, -0.05) is 6.92 Å². The topological polar surface area (TPSA) is 29.9 Å². The molecule has 0 radical (unpaired) electrons. The molecular formula is C12H17N3S. The summed E-state index contributed by atoms with van der Waals surface area (Å²) in [7, 11) is 1.95. The monoisotopic (exact) mass is 235 g/mol. The van der Waals surface area contributed by atoms with E-state index in [4.69, 9.17) is 0 Å². The standard InChI is InChI=1S/C12H17N3S/c1-4-13-12(10-7-8-15(3)14-10)11-6-5-9(2)16-11/h5-8,12-13H,4H2,1-3H3. The molecule has 1 unspecified atom stereocenters. The second-order valence-corrected chi connectivity index (χ2v) is 5.17. The molecule has 0 amide bonds. The van der Waals surface area contributed by atoms with Gasteiger partial charge in [-0.15, -0.1) is 11.3 Å². The van der Waals surface area contributed by atoms with Crippen molar-refractivity contribution in [2.45, 2.75) is 19.9 Å². The summed E-state index contributed by atoms with van der Waals surface area (Å²) in [5.41, 5.74) is 1.09. The minimum atomic E-state index is 0.227. The Hall–Kier alpha value is -1.13. The van der Waals surface area contributed by atoms with Gasteiger partial charge in [0.1, 0.15) is 0 Å². The number of thiophene rings is 1. The summed E-state index contributed by atoms with van der Waals surface area (Å²) in [4.78, 5) is 2.67. The molecule has 0 saturated carbocycles. The Morgan fingerprint density at radius 3 is 2.75 bits per heavy atom. The predicted molar refractivity (Wildman–Crippen MR) is 67.8 cm³/mol. The lowest BCUT2D eigenvalue weighted by atomic mass is 10.2. The van der Waals surface area contributed by atoms with E-state index < -0.39 is 0 Å². The van der Waals surface area contributed by atoms with Crippen molar-refractivity contribution in [3.05, 3.63) is 39.8 Å². The third kappa shape index (κ3) is 2.33. The molecule has 2 aromatic heterocycles. The Labute approximate surface area is 100 Å². The number of nitrogens with one attached hydrogen (secondary N) is 1. The Morgan fingerprint density at radius 1 is 1.44 bits per heavy atom. The van der Waals surface area contributed by atoms with Gasteiger partial charge in [0.2, 0.25) is 0 Å². The fourth-order valence-corrected chi connectivity index (χ4v) is 2.72. The highest BCUT2D eigenvalue weighted by Gasteiger charge is 2.16. The molecule has 2 heterocycles. The zero-order valence-corrected chi connectivity index (χ0v) is 10.7. The maximum atomic E-state index is 4.48. The quantitative estimate of drug-likeness (QED) is 0.882. The summed E-state index contributed by atoms with van der Waals surface area (Å²) < 4.78 is 1.85. The molecule has 0 aliphatic heterocycles. The van der Waals surface area contributed by atoms with Crippen LogP contribution in [0.15, 0.2) is 24.4 Å². The summed E-state index contributed by atoms with van der Waals surface area (Å²) in [6.07, 6.45) is 1.99. The molecule has 0 bridgehead atoms. The van der Waals surface area contributed by atoms with E-state index in [1.54, 1.807) is 0 Å². The lowest BCUT2D eigenvalue weighted by molar-refractivity contribution is 0.607. The highest BCUT2D eigenvalue weighted by atomic mass is 32.1. The van der Waals surface area contributed by atoms with Crippen LogP contribution in [0.5, 0.6) is 0 Å². The first-order valence-corrected chi connectivity index (χ1v) is 6.31. The van der Waals surface area contributed by atoms with Crippen molar-refractivity contribution in [3.63, 3.8) is 0 Å². The van der Waals surface area contributed by atoms with Gasteiger partial charge in [-0.3, -0.25) is 4.68 Å². The lowest BCUT2D eigenvalue weighted by Crippen LogP contribution is -2.21. The zero-order valence-electron chi connectivity index (χ0n) is 9.90. The van der Waals surface area contributed by atoms with Crippen LogP contribution in [0, 0.1) is 6.92 Å². The van der Waals surface area contributed by atoms with Gasteiger partial charge in [-0.2, -0.15) is 5.10 Å². The normalized spacial score (nSPS) is 12.9. The third-order valence-corrected chi connectivity index (χ3v) is 3.55. The molecule has 1 N–H and O–H groups in total. The summed E-state index contributed by atoms with van der Waals surface area (Å²) in [5, 5.41) is 7.95. The number of aromatic nitrogens is 2. The Morgan fingerprint density at radius 2 is 2.25 bits per heavy atom. The van der Waals surface area contributed by atoms with Gasteiger partial charge in [0.15, 0.2) is 0 Å². The Kier molecular flexibility index (Phi) is 3.41. The van der Waals surface area contributed by atoms with E-state index in [-0.39, 0.29) is 6.04 Å². The van der Waals surface area contributed by atoms with Crippen molar-refractivity contribution >= 4 is 11.3 Å². The van der Waals surface area contributed by atoms with Crippen LogP contribution in [0.1, 0.15) is 28.4 Å². The maximum Gasteiger partial charge on any atom is 0.0863 e. The molecule has 16 heavy (non-hydrogen) atoms. The average molecular weight is 235 g/mol. The first kappa shape index (κ1) is 11.4. The Bertz CT molecular complexity index is 418. The van der Waals surface area contributed by atoms with E-state index >= 15 is 0 Å². The summed E-state index contributed by atoms with van der Waals surface area (Å²) >= 11 is 1.83. The van der Waals surface area contributed by atoms with Crippen molar-refractivity contribution in [1.82, 2.24) is 15.1 Å². The summed E-state index contributed by atoms with van der Waals surface area (Å²) in [6.45, 7) is 5.20. The van der Waals surface area contributed by atoms with Crippen LogP contribution < -0.4 is 5.32 Å². The average Bonchev–Trinajstić information content (AvgIpc) is 2.84. The Balaban J connectivity index is 2.30. The molecule has 0 aliphatic rings. The van der Waals surface area contributed by atoms with Gasteiger partial charge in [0.25, 0.3) is 0 Å². The SMILES string of the molecule is CCNC(c1ccn(C)n1)c1ccc(C)s1. The van der Waals surface area contributed by atoms with Gasteiger partial charge in [0.05, 0.1) is 11.7 Å². The van der Waals surface area contributed by atoms with E-state index in [1.165, 1.54) is 9.75 Å². The van der Waals surface area contributed by atoms with Crippen molar-refractivity contribution in [3.8, 4) is 0 Å². The van der Waals surface area contributed by atoms with Crippen LogP contribution in [-0.4, -0.2) is 16.3 Å². The van der Waals surface area contributed by atoms with E-state index in [9.17, 15) is 0 Å². The van der Waals surface area contributed by atoms with Crippen molar-refractivity contribution < 1.29 is 0 Å². The van der Waals surface area contributed by atoms with Crippen LogP contribution in [-0.2, 0) is 7.05 Å². The fourth-order valence-electron chi connectivity index (χ4n) is 1.75. The highest BCUT2D eigenvalue weighted by Crippen LogP contribution is 2.27. The first-order valence-electron chi connectivity index (χ1n) is 5.50.